The number of nitrogens with zero attached hydrogens (tertiary/aromatic N) is 1. The molecular formula is C20H15BrN2O6. The average Bonchev–Trinajstić information content (AvgIpc) is 2.71. The van der Waals surface area contributed by atoms with Crippen molar-refractivity contribution in [2.45, 2.75) is 0 Å². The molecule has 1 aliphatic rings. The van der Waals surface area contributed by atoms with Crippen molar-refractivity contribution >= 4 is 51.5 Å². The topological polar surface area (TPSA) is 102 Å². The Kier molecular flexibility index (Phi) is 6.08. The van der Waals surface area contributed by atoms with Crippen molar-refractivity contribution in [3.05, 3.63) is 64.1 Å². The predicted molar refractivity (Wildman–Crippen MR) is 107 cm³/mol. The van der Waals surface area contributed by atoms with Gasteiger partial charge in [-0.1, -0.05) is 28.1 Å². The molecule has 29 heavy (non-hydrogen) atoms. The molecule has 0 radical (unpaired) electrons. The van der Waals surface area contributed by atoms with Crippen LogP contribution in [0.4, 0.5) is 10.5 Å². The molecule has 8 nitrogen and oxygen atoms in total. The quantitative estimate of drug-likeness (QED) is 0.419. The number of rotatable bonds is 5. The first-order valence-corrected chi connectivity index (χ1v) is 9.15. The molecule has 0 aromatic heterocycles. The Morgan fingerprint density at radius 1 is 1.07 bits per heavy atom. The third kappa shape index (κ3) is 4.69. The van der Waals surface area contributed by atoms with E-state index in [1.165, 1.54) is 13.2 Å². The Morgan fingerprint density at radius 3 is 2.34 bits per heavy atom. The molecule has 1 fully saturated rings. The molecule has 1 saturated heterocycles. The zero-order valence-corrected chi connectivity index (χ0v) is 16.8. The highest BCUT2D eigenvalue weighted by Gasteiger charge is 2.36. The number of hydrogen-bond donors (Lipinski definition) is 1. The maximum Gasteiger partial charge on any atom is 0.343 e. The minimum Gasteiger partial charge on any atom is -0.482 e. The summed E-state index contributed by atoms with van der Waals surface area (Å²) in [5, 5.41) is 2.16. The maximum absolute atomic E-state index is 12.8. The minimum atomic E-state index is -0.814. The van der Waals surface area contributed by atoms with Gasteiger partial charge in [0.05, 0.1) is 12.8 Å². The summed E-state index contributed by atoms with van der Waals surface area (Å²) in [6, 6.07) is 12.1. The smallest absolute Gasteiger partial charge is 0.343 e. The standard InChI is InChI=1S/C20H15BrN2O6/c1-28-17(24)11-29-15-8-2-12(3-9-15)10-16-18(25)22-20(27)23(19(16)26)14-6-4-13(21)5-7-14/h2-10H,11H2,1H3,(H,22,25,27)/b16-10+. The van der Waals surface area contributed by atoms with E-state index in [4.69, 9.17) is 4.74 Å². The lowest BCUT2D eigenvalue weighted by Crippen LogP contribution is -2.54. The van der Waals surface area contributed by atoms with E-state index in [-0.39, 0.29) is 12.2 Å². The number of carbonyl (C=O) groups excluding carboxylic acids is 4. The number of anilines is 1. The number of imide groups is 2. The fraction of sp³-hybridized carbons (Fsp3) is 0.100. The van der Waals surface area contributed by atoms with Crippen LogP contribution in [0.3, 0.4) is 0 Å². The molecule has 1 aliphatic heterocycles. The normalized spacial score (nSPS) is 15.3. The van der Waals surface area contributed by atoms with Crippen molar-refractivity contribution in [3.8, 4) is 5.75 Å². The van der Waals surface area contributed by atoms with Gasteiger partial charge in [-0.15, -0.1) is 0 Å². The van der Waals surface area contributed by atoms with Crippen LogP contribution < -0.4 is 15.0 Å². The number of methoxy groups -OCH3 is 1. The van der Waals surface area contributed by atoms with E-state index >= 15 is 0 Å². The number of barbiturate groups is 1. The highest BCUT2D eigenvalue weighted by atomic mass is 79.9. The molecule has 4 amide bonds. The number of benzene rings is 2. The minimum absolute atomic E-state index is 0.184. The van der Waals surface area contributed by atoms with Crippen LogP contribution in [0, 0.1) is 0 Å². The second-order valence-electron chi connectivity index (χ2n) is 5.87. The van der Waals surface area contributed by atoms with E-state index in [1.54, 1.807) is 48.5 Å². The van der Waals surface area contributed by atoms with Crippen LogP contribution in [0.15, 0.2) is 58.6 Å². The fourth-order valence-electron chi connectivity index (χ4n) is 2.51. The fourth-order valence-corrected chi connectivity index (χ4v) is 2.77. The van der Waals surface area contributed by atoms with Crippen molar-refractivity contribution in [1.29, 1.82) is 0 Å². The number of urea groups is 1. The van der Waals surface area contributed by atoms with Crippen LogP contribution in [0.2, 0.25) is 0 Å². The Morgan fingerprint density at radius 2 is 1.72 bits per heavy atom. The zero-order valence-electron chi connectivity index (χ0n) is 15.2. The van der Waals surface area contributed by atoms with Crippen molar-refractivity contribution in [2.75, 3.05) is 18.6 Å². The second-order valence-corrected chi connectivity index (χ2v) is 6.78. The molecule has 0 aliphatic carbocycles. The van der Waals surface area contributed by atoms with Gasteiger partial charge in [0, 0.05) is 4.47 Å². The number of amides is 4. The van der Waals surface area contributed by atoms with Crippen LogP contribution in [0.1, 0.15) is 5.56 Å². The van der Waals surface area contributed by atoms with Gasteiger partial charge in [0.1, 0.15) is 11.3 Å². The molecule has 2 aromatic rings. The number of carbonyl (C=O) groups is 4. The third-order valence-corrected chi connectivity index (χ3v) is 4.49. The monoisotopic (exact) mass is 458 g/mol. The molecule has 0 atom stereocenters. The molecular weight excluding hydrogens is 444 g/mol. The van der Waals surface area contributed by atoms with Gasteiger partial charge in [-0.25, -0.2) is 14.5 Å². The first kappa shape index (κ1) is 20.3. The lowest BCUT2D eigenvalue weighted by Gasteiger charge is -2.26. The first-order valence-electron chi connectivity index (χ1n) is 8.36. The van der Waals surface area contributed by atoms with Gasteiger partial charge < -0.3 is 9.47 Å². The lowest BCUT2D eigenvalue weighted by atomic mass is 10.1. The Bertz CT molecular complexity index is 999. The van der Waals surface area contributed by atoms with Gasteiger partial charge in [0.25, 0.3) is 11.8 Å². The molecule has 3 rings (SSSR count). The van der Waals surface area contributed by atoms with E-state index < -0.39 is 23.8 Å². The van der Waals surface area contributed by atoms with E-state index in [2.05, 4.69) is 26.0 Å². The van der Waals surface area contributed by atoms with Gasteiger partial charge in [-0.05, 0) is 48.0 Å². The van der Waals surface area contributed by atoms with Gasteiger partial charge in [-0.3, -0.25) is 14.9 Å². The highest BCUT2D eigenvalue weighted by Crippen LogP contribution is 2.24. The van der Waals surface area contributed by atoms with Gasteiger partial charge in [0.2, 0.25) is 0 Å². The molecule has 1 heterocycles. The van der Waals surface area contributed by atoms with Crippen LogP contribution in [-0.4, -0.2) is 37.5 Å². The molecule has 9 heteroatoms. The molecule has 0 unspecified atom stereocenters. The summed E-state index contributed by atoms with van der Waals surface area (Å²) in [4.78, 5) is 49.2. The SMILES string of the molecule is COC(=O)COc1ccc(/C=C2\C(=O)NC(=O)N(c3ccc(Br)cc3)C2=O)cc1. The van der Waals surface area contributed by atoms with Crippen LogP contribution in [0.5, 0.6) is 5.75 Å². The molecule has 2 aromatic carbocycles. The van der Waals surface area contributed by atoms with Gasteiger partial charge in [0.15, 0.2) is 6.61 Å². The average molecular weight is 459 g/mol. The summed E-state index contributed by atoms with van der Waals surface area (Å²) in [6.07, 6.45) is 1.38. The summed E-state index contributed by atoms with van der Waals surface area (Å²) in [5.74, 6) is -1.60. The maximum atomic E-state index is 12.8. The number of halogens is 1. The number of esters is 1. The Balaban J connectivity index is 1.82. The van der Waals surface area contributed by atoms with Gasteiger partial charge >= 0.3 is 12.0 Å². The first-order chi connectivity index (χ1) is 13.9. The zero-order chi connectivity index (χ0) is 21.0. The van der Waals surface area contributed by atoms with E-state index in [0.29, 0.717) is 17.0 Å². The number of ether oxygens (including phenoxy) is 2. The van der Waals surface area contributed by atoms with E-state index in [1.807, 2.05) is 0 Å². The van der Waals surface area contributed by atoms with Crippen molar-refractivity contribution < 1.29 is 28.7 Å². The van der Waals surface area contributed by atoms with Gasteiger partial charge in [-0.2, -0.15) is 0 Å². The molecule has 1 N–H and O–H groups in total. The Labute approximate surface area is 174 Å². The summed E-state index contributed by atoms with van der Waals surface area (Å²) < 4.78 is 10.5. The molecule has 148 valence electrons. The van der Waals surface area contributed by atoms with Crippen molar-refractivity contribution in [3.63, 3.8) is 0 Å². The van der Waals surface area contributed by atoms with Crippen LogP contribution in [-0.2, 0) is 19.1 Å². The number of nitrogens with one attached hydrogen (secondary N) is 1. The third-order valence-electron chi connectivity index (χ3n) is 3.96. The highest BCUT2D eigenvalue weighted by molar-refractivity contribution is 9.10. The second kappa shape index (κ2) is 8.70. The summed E-state index contributed by atoms with van der Waals surface area (Å²) >= 11 is 3.29. The summed E-state index contributed by atoms with van der Waals surface area (Å²) in [7, 11) is 1.26. The summed E-state index contributed by atoms with van der Waals surface area (Å²) in [6.45, 7) is -0.234. The van der Waals surface area contributed by atoms with Crippen LogP contribution in [0.25, 0.3) is 6.08 Å². The Hall–Kier alpha value is -3.46. The van der Waals surface area contributed by atoms with E-state index in [9.17, 15) is 19.2 Å². The van der Waals surface area contributed by atoms with Crippen molar-refractivity contribution in [2.24, 2.45) is 0 Å². The van der Waals surface area contributed by atoms with Crippen molar-refractivity contribution in [1.82, 2.24) is 5.32 Å². The largest absolute Gasteiger partial charge is 0.482 e. The predicted octanol–water partition coefficient (Wildman–Crippen LogP) is 2.67. The molecule has 0 spiro atoms. The summed E-state index contributed by atoms with van der Waals surface area (Å²) in [5.41, 5.74) is 0.690. The lowest BCUT2D eigenvalue weighted by molar-refractivity contribution is -0.143. The number of hydrogen-bond acceptors (Lipinski definition) is 6. The van der Waals surface area contributed by atoms with Crippen LogP contribution >= 0.6 is 15.9 Å². The van der Waals surface area contributed by atoms with E-state index in [0.717, 1.165) is 9.37 Å². The molecule has 0 saturated carbocycles. The molecule has 0 bridgehead atoms.